The Kier molecular flexibility index (Phi) is 3.54. The minimum absolute atomic E-state index is 0.129. The van der Waals surface area contributed by atoms with Crippen LogP contribution in [0.15, 0.2) is 36.5 Å². The predicted molar refractivity (Wildman–Crippen MR) is 86.0 cm³/mol. The lowest BCUT2D eigenvalue weighted by Gasteiger charge is -2.34. The van der Waals surface area contributed by atoms with Crippen LogP contribution in [-0.4, -0.2) is 11.2 Å². The zero-order chi connectivity index (χ0) is 15.0. The lowest BCUT2D eigenvalue weighted by Crippen LogP contribution is -2.30. The molecule has 0 aliphatic heterocycles. The summed E-state index contributed by atoms with van der Waals surface area (Å²) in [6.07, 6.45) is 4.21. The Labute approximate surface area is 126 Å². The van der Waals surface area contributed by atoms with Gasteiger partial charge in [-0.15, -0.1) is 0 Å². The Morgan fingerprint density at radius 1 is 1.29 bits per heavy atom. The molecule has 2 N–H and O–H groups in total. The summed E-state index contributed by atoms with van der Waals surface area (Å²) in [7, 11) is 0. The van der Waals surface area contributed by atoms with Gasteiger partial charge >= 0.3 is 0 Å². The third-order valence-electron chi connectivity index (χ3n) is 4.27. The molecule has 1 aliphatic rings. The fraction of sp³-hybridized carbons (Fsp3) is 0.444. The first-order chi connectivity index (χ1) is 10.0. The van der Waals surface area contributed by atoms with E-state index >= 15 is 0 Å². The van der Waals surface area contributed by atoms with E-state index in [0.29, 0.717) is 6.61 Å². The smallest absolute Gasteiger partial charge is 0.143 e. The van der Waals surface area contributed by atoms with Crippen molar-refractivity contribution in [2.75, 3.05) is 6.61 Å². The van der Waals surface area contributed by atoms with Crippen molar-refractivity contribution >= 4 is 0 Å². The summed E-state index contributed by atoms with van der Waals surface area (Å²) in [5.41, 5.74) is 10.3. The maximum Gasteiger partial charge on any atom is 0.143 e. The zero-order valence-electron chi connectivity index (χ0n) is 13.1. The maximum atomic E-state index is 6.37. The highest BCUT2D eigenvalue weighted by molar-refractivity contribution is 5.50. The predicted octanol–water partition coefficient (Wildman–Crippen LogP) is 3.85. The van der Waals surface area contributed by atoms with Crippen molar-refractivity contribution in [2.45, 2.75) is 39.7 Å². The van der Waals surface area contributed by atoms with Crippen molar-refractivity contribution in [1.29, 1.82) is 0 Å². The van der Waals surface area contributed by atoms with Gasteiger partial charge in [0, 0.05) is 17.9 Å². The summed E-state index contributed by atoms with van der Waals surface area (Å²) in [5, 5.41) is 0. The van der Waals surface area contributed by atoms with Crippen LogP contribution in [0, 0.1) is 5.41 Å². The third-order valence-corrected chi connectivity index (χ3v) is 4.27. The molecule has 3 nitrogen and oxygen atoms in total. The fourth-order valence-electron chi connectivity index (χ4n) is 3.40. The Morgan fingerprint density at radius 3 is 2.81 bits per heavy atom. The minimum atomic E-state index is 0.129. The molecule has 0 spiro atoms. The van der Waals surface area contributed by atoms with Crippen LogP contribution in [0.1, 0.15) is 44.5 Å². The van der Waals surface area contributed by atoms with Crippen LogP contribution in [0.3, 0.4) is 0 Å². The van der Waals surface area contributed by atoms with Gasteiger partial charge in [-0.2, -0.15) is 0 Å². The first kappa shape index (κ1) is 14.2. The SMILES string of the molecule is CCOc1ccccc1-n1ccc2c1CC(C)(C)CC2N. The highest BCUT2D eigenvalue weighted by atomic mass is 16.5. The van der Waals surface area contributed by atoms with Gasteiger partial charge in [0.1, 0.15) is 5.75 Å². The molecular weight excluding hydrogens is 260 g/mol. The molecule has 0 saturated heterocycles. The molecular formula is C18H24N2O. The number of benzene rings is 1. The molecule has 3 heteroatoms. The zero-order valence-corrected chi connectivity index (χ0v) is 13.1. The van der Waals surface area contributed by atoms with E-state index in [9.17, 15) is 0 Å². The van der Waals surface area contributed by atoms with Gasteiger partial charge in [0.15, 0.2) is 0 Å². The molecule has 112 valence electrons. The van der Waals surface area contributed by atoms with Crippen LogP contribution in [0.4, 0.5) is 0 Å². The van der Waals surface area contributed by atoms with Crippen LogP contribution in [0.25, 0.3) is 5.69 Å². The molecule has 1 aromatic heterocycles. The average Bonchev–Trinajstić information content (AvgIpc) is 2.82. The summed E-state index contributed by atoms with van der Waals surface area (Å²) < 4.78 is 8.03. The number of fused-ring (bicyclic) bond motifs is 1. The Morgan fingerprint density at radius 2 is 2.05 bits per heavy atom. The normalized spacial score (nSPS) is 20.1. The van der Waals surface area contributed by atoms with Gasteiger partial charge < -0.3 is 15.0 Å². The molecule has 0 amide bonds. The Hall–Kier alpha value is -1.74. The van der Waals surface area contributed by atoms with Gasteiger partial charge in [0.2, 0.25) is 0 Å². The molecule has 0 fully saturated rings. The topological polar surface area (TPSA) is 40.2 Å². The number of nitrogens with zero attached hydrogens (tertiary/aromatic N) is 1. The highest BCUT2D eigenvalue weighted by Crippen LogP contribution is 2.41. The first-order valence-corrected chi connectivity index (χ1v) is 7.70. The van der Waals surface area contributed by atoms with E-state index in [1.165, 1.54) is 11.3 Å². The summed E-state index contributed by atoms with van der Waals surface area (Å²) in [6.45, 7) is 7.27. The molecule has 1 atom stereocenters. The number of hydrogen-bond donors (Lipinski definition) is 1. The molecule has 2 aromatic rings. The quantitative estimate of drug-likeness (QED) is 0.930. The highest BCUT2D eigenvalue weighted by Gasteiger charge is 2.32. The monoisotopic (exact) mass is 284 g/mol. The fourth-order valence-corrected chi connectivity index (χ4v) is 3.40. The summed E-state index contributed by atoms with van der Waals surface area (Å²) in [4.78, 5) is 0. The average molecular weight is 284 g/mol. The lowest BCUT2D eigenvalue weighted by molar-refractivity contribution is 0.278. The number of para-hydroxylation sites is 2. The van der Waals surface area contributed by atoms with Crippen LogP contribution < -0.4 is 10.5 Å². The molecule has 0 saturated carbocycles. The Balaban J connectivity index is 2.10. The Bertz CT molecular complexity index is 642. The molecule has 3 rings (SSSR count). The summed E-state index contributed by atoms with van der Waals surface area (Å²) >= 11 is 0. The summed E-state index contributed by atoms with van der Waals surface area (Å²) in [6, 6.07) is 10.5. The van der Waals surface area contributed by atoms with Crippen molar-refractivity contribution in [1.82, 2.24) is 4.57 Å². The molecule has 21 heavy (non-hydrogen) atoms. The van der Waals surface area contributed by atoms with E-state index in [4.69, 9.17) is 10.5 Å². The van der Waals surface area contributed by atoms with Crippen molar-refractivity contribution in [3.8, 4) is 11.4 Å². The van der Waals surface area contributed by atoms with E-state index in [2.05, 4.69) is 42.8 Å². The van der Waals surface area contributed by atoms with E-state index in [-0.39, 0.29) is 11.5 Å². The second-order valence-corrected chi connectivity index (χ2v) is 6.64. The largest absolute Gasteiger partial charge is 0.492 e. The van der Waals surface area contributed by atoms with E-state index in [1.54, 1.807) is 0 Å². The number of ether oxygens (including phenoxy) is 1. The molecule has 1 heterocycles. The second kappa shape index (κ2) is 5.23. The van der Waals surface area contributed by atoms with Gasteiger partial charge in [0.05, 0.1) is 12.3 Å². The van der Waals surface area contributed by atoms with E-state index in [0.717, 1.165) is 24.3 Å². The number of aromatic nitrogens is 1. The van der Waals surface area contributed by atoms with Gasteiger partial charge in [-0.25, -0.2) is 0 Å². The number of rotatable bonds is 3. The van der Waals surface area contributed by atoms with Crippen LogP contribution in [0.5, 0.6) is 5.75 Å². The minimum Gasteiger partial charge on any atom is -0.492 e. The van der Waals surface area contributed by atoms with E-state index in [1.807, 2.05) is 19.1 Å². The number of nitrogens with two attached hydrogens (primary N) is 1. The lowest BCUT2D eigenvalue weighted by atomic mass is 9.74. The van der Waals surface area contributed by atoms with Gasteiger partial charge in [-0.05, 0) is 48.9 Å². The van der Waals surface area contributed by atoms with Crippen molar-refractivity contribution < 1.29 is 4.74 Å². The molecule has 1 aromatic carbocycles. The standard InChI is InChI=1S/C18H24N2O/c1-4-21-17-8-6-5-7-15(17)20-10-9-13-14(19)11-18(2,3)12-16(13)20/h5-10,14H,4,11-12,19H2,1-3H3. The van der Waals surface area contributed by atoms with Crippen molar-refractivity contribution in [2.24, 2.45) is 11.1 Å². The molecule has 0 bridgehead atoms. The van der Waals surface area contributed by atoms with Crippen LogP contribution in [-0.2, 0) is 6.42 Å². The van der Waals surface area contributed by atoms with Crippen molar-refractivity contribution in [3.63, 3.8) is 0 Å². The molecule has 1 aliphatic carbocycles. The van der Waals surface area contributed by atoms with Crippen LogP contribution >= 0.6 is 0 Å². The van der Waals surface area contributed by atoms with Gasteiger partial charge in [-0.3, -0.25) is 0 Å². The van der Waals surface area contributed by atoms with Crippen LogP contribution in [0.2, 0.25) is 0 Å². The van der Waals surface area contributed by atoms with Gasteiger partial charge in [-0.1, -0.05) is 26.0 Å². The summed E-state index contributed by atoms with van der Waals surface area (Å²) in [5.74, 6) is 0.926. The third kappa shape index (κ3) is 2.58. The molecule has 0 radical (unpaired) electrons. The van der Waals surface area contributed by atoms with Crippen molar-refractivity contribution in [3.05, 3.63) is 47.8 Å². The maximum absolute atomic E-state index is 6.37. The number of hydrogen-bond acceptors (Lipinski definition) is 2. The second-order valence-electron chi connectivity index (χ2n) is 6.64. The van der Waals surface area contributed by atoms with Gasteiger partial charge in [0.25, 0.3) is 0 Å². The first-order valence-electron chi connectivity index (χ1n) is 7.70. The molecule has 1 unspecified atom stereocenters. The van der Waals surface area contributed by atoms with E-state index < -0.39 is 0 Å².